The van der Waals surface area contributed by atoms with Gasteiger partial charge in [0.2, 0.25) is 0 Å². The molecule has 1 rings (SSSR count). The Morgan fingerprint density at radius 1 is 1.17 bits per heavy atom. The third kappa shape index (κ3) is 8.91. The molecule has 1 aromatic rings. The highest BCUT2D eigenvalue weighted by Crippen LogP contribution is 2.08. The summed E-state index contributed by atoms with van der Waals surface area (Å²) in [5, 5.41) is 6.69. The van der Waals surface area contributed by atoms with Crippen LogP contribution >= 0.6 is 0 Å². The van der Waals surface area contributed by atoms with Crippen molar-refractivity contribution in [2.75, 3.05) is 13.3 Å². The van der Waals surface area contributed by atoms with Crippen molar-refractivity contribution in [3.8, 4) is 0 Å². The first-order valence-electron chi connectivity index (χ1n) is 8.56. The molecule has 0 aliphatic heterocycles. The molecule has 0 fully saturated rings. The lowest BCUT2D eigenvalue weighted by Crippen LogP contribution is -2.41. The Morgan fingerprint density at radius 3 is 2.33 bits per heavy atom. The maximum absolute atomic E-state index is 11.3. The zero-order valence-electron chi connectivity index (χ0n) is 15.3. The average Bonchev–Trinajstić information content (AvgIpc) is 2.51. The normalized spacial score (nSPS) is 13.6. The first-order chi connectivity index (χ1) is 11.3. The van der Waals surface area contributed by atoms with Crippen molar-refractivity contribution in [1.29, 1.82) is 0 Å². The van der Waals surface area contributed by atoms with Crippen molar-refractivity contribution in [3.05, 3.63) is 35.4 Å². The number of sulfone groups is 1. The van der Waals surface area contributed by atoms with Gasteiger partial charge in [-0.25, -0.2) is 8.42 Å². The smallest absolute Gasteiger partial charge is 0.191 e. The lowest BCUT2D eigenvalue weighted by molar-refractivity contribution is 0.546. The van der Waals surface area contributed by atoms with E-state index >= 15 is 0 Å². The summed E-state index contributed by atoms with van der Waals surface area (Å²) in [5.74, 6) is 0.873. The predicted molar refractivity (Wildman–Crippen MR) is 102 cm³/mol. The van der Waals surface area contributed by atoms with Crippen LogP contribution in [-0.2, 0) is 22.1 Å². The van der Waals surface area contributed by atoms with Gasteiger partial charge in [0, 0.05) is 25.9 Å². The van der Waals surface area contributed by atoms with E-state index in [1.165, 1.54) is 25.5 Å². The summed E-state index contributed by atoms with van der Waals surface area (Å²) in [7, 11) is -1.22. The van der Waals surface area contributed by atoms with E-state index in [1.54, 1.807) is 7.05 Å². The summed E-state index contributed by atoms with van der Waals surface area (Å²) in [6.07, 6.45) is 6.10. The fourth-order valence-electron chi connectivity index (χ4n) is 2.44. The van der Waals surface area contributed by atoms with Gasteiger partial charge in [-0.15, -0.1) is 0 Å². The van der Waals surface area contributed by atoms with Gasteiger partial charge in [0.05, 0.1) is 5.75 Å². The Labute approximate surface area is 146 Å². The maximum atomic E-state index is 11.3. The van der Waals surface area contributed by atoms with Crippen LogP contribution in [0.25, 0.3) is 0 Å². The zero-order chi connectivity index (χ0) is 18.0. The number of aliphatic imine (C=N–C) groups is 1. The Balaban J connectivity index is 2.45. The molecule has 0 aromatic heterocycles. The Morgan fingerprint density at radius 2 is 1.79 bits per heavy atom. The fourth-order valence-corrected chi connectivity index (χ4v) is 3.24. The molecule has 136 valence electrons. The highest BCUT2D eigenvalue weighted by atomic mass is 32.2. The molecule has 5 nitrogen and oxygen atoms in total. The number of hydrogen-bond donors (Lipinski definition) is 2. The summed E-state index contributed by atoms with van der Waals surface area (Å²) in [5.41, 5.74) is 1.90. The third-order valence-corrected chi connectivity index (χ3v) is 4.62. The van der Waals surface area contributed by atoms with E-state index in [2.05, 4.69) is 29.5 Å². The molecule has 0 aliphatic rings. The van der Waals surface area contributed by atoms with Crippen LogP contribution in [0.2, 0.25) is 0 Å². The monoisotopic (exact) mass is 353 g/mol. The van der Waals surface area contributed by atoms with E-state index in [1.807, 2.05) is 24.3 Å². The average molecular weight is 354 g/mol. The second kappa shape index (κ2) is 10.3. The molecule has 6 heteroatoms. The molecular weight excluding hydrogens is 322 g/mol. The van der Waals surface area contributed by atoms with Crippen LogP contribution in [-0.4, -0.2) is 33.7 Å². The highest BCUT2D eigenvalue weighted by molar-refractivity contribution is 7.89. The molecule has 0 bridgehead atoms. The molecule has 1 atom stereocenters. The number of nitrogens with zero attached hydrogens (tertiary/aromatic N) is 1. The number of benzene rings is 1. The SMILES string of the molecule is CCCCCC(C)NC(=NC)NCc1ccc(CS(C)(=O)=O)cc1. The van der Waals surface area contributed by atoms with Gasteiger partial charge in [0.1, 0.15) is 0 Å². The van der Waals surface area contributed by atoms with Crippen molar-refractivity contribution < 1.29 is 8.42 Å². The molecule has 0 aliphatic carbocycles. The molecule has 0 radical (unpaired) electrons. The first kappa shape index (κ1) is 20.5. The Kier molecular flexibility index (Phi) is 8.82. The zero-order valence-corrected chi connectivity index (χ0v) is 16.1. The van der Waals surface area contributed by atoms with Crippen LogP contribution < -0.4 is 10.6 Å². The Bertz CT molecular complexity index is 610. The first-order valence-corrected chi connectivity index (χ1v) is 10.6. The van der Waals surface area contributed by atoms with E-state index in [0.29, 0.717) is 12.6 Å². The standard InChI is InChI=1S/C18H31N3O2S/c1-5-6-7-8-15(2)21-18(19-3)20-13-16-9-11-17(12-10-16)14-24(4,22)23/h9-12,15H,5-8,13-14H2,1-4H3,(H2,19,20,21). The van der Waals surface area contributed by atoms with E-state index in [0.717, 1.165) is 23.5 Å². The summed E-state index contributed by atoms with van der Waals surface area (Å²) < 4.78 is 22.6. The minimum absolute atomic E-state index is 0.0825. The number of unbranched alkanes of at least 4 members (excludes halogenated alkanes) is 2. The lowest BCUT2D eigenvalue weighted by atomic mass is 10.1. The summed E-state index contributed by atoms with van der Waals surface area (Å²) in [4.78, 5) is 4.25. The molecule has 2 N–H and O–H groups in total. The summed E-state index contributed by atoms with van der Waals surface area (Å²) >= 11 is 0. The fraction of sp³-hybridized carbons (Fsp3) is 0.611. The van der Waals surface area contributed by atoms with Crippen LogP contribution in [0.3, 0.4) is 0 Å². The van der Waals surface area contributed by atoms with E-state index < -0.39 is 9.84 Å². The number of guanidine groups is 1. The molecular formula is C18H31N3O2S. The van der Waals surface area contributed by atoms with Crippen molar-refractivity contribution in [2.45, 2.75) is 57.9 Å². The predicted octanol–water partition coefficient (Wildman–Crippen LogP) is 2.87. The van der Waals surface area contributed by atoms with Gasteiger partial charge in [-0.1, -0.05) is 50.5 Å². The van der Waals surface area contributed by atoms with E-state index in [-0.39, 0.29) is 5.75 Å². The number of rotatable bonds is 9. The lowest BCUT2D eigenvalue weighted by Gasteiger charge is -2.18. The van der Waals surface area contributed by atoms with Gasteiger partial charge in [0.15, 0.2) is 15.8 Å². The Hall–Kier alpha value is -1.56. The van der Waals surface area contributed by atoms with Gasteiger partial charge in [-0.2, -0.15) is 0 Å². The second-order valence-corrected chi connectivity index (χ2v) is 8.49. The molecule has 1 unspecified atom stereocenters. The molecule has 24 heavy (non-hydrogen) atoms. The molecule has 0 saturated carbocycles. The van der Waals surface area contributed by atoms with Crippen LogP contribution in [0.4, 0.5) is 0 Å². The molecule has 0 amide bonds. The van der Waals surface area contributed by atoms with Gasteiger partial charge in [-0.05, 0) is 24.5 Å². The van der Waals surface area contributed by atoms with Crippen LogP contribution in [0, 0.1) is 0 Å². The van der Waals surface area contributed by atoms with Gasteiger partial charge < -0.3 is 10.6 Å². The van der Waals surface area contributed by atoms with Crippen LogP contribution in [0.15, 0.2) is 29.3 Å². The van der Waals surface area contributed by atoms with Gasteiger partial charge in [-0.3, -0.25) is 4.99 Å². The largest absolute Gasteiger partial charge is 0.354 e. The molecule has 0 spiro atoms. The van der Waals surface area contributed by atoms with Crippen molar-refractivity contribution >= 4 is 15.8 Å². The third-order valence-electron chi connectivity index (χ3n) is 3.76. The number of hydrogen-bond acceptors (Lipinski definition) is 3. The van der Waals surface area contributed by atoms with Crippen molar-refractivity contribution in [2.24, 2.45) is 4.99 Å². The maximum Gasteiger partial charge on any atom is 0.191 e. The summed E-state index contributed by atoms with van der Waals surface area (Å²) in [6, 6.07) is 8.01. The molecule has 0 saturated heterocycles. The van der Waals surface area contributed by atoms with E-state index in [4.69, 9.17) is 0 Å². The molecule has 1 aromatic carbocycles. The second-order valence-electron chi connectivity index (χ2n) is 6.35. The van der Waals surface area contributed by atoms with Crippen molar-refractivity contribution in [3.63, 3.8) is 0 Å². The minimum Gasteiger partial charge on any atom is -0.354 e. The van der Waals surface area contributed by atoms with Gasteiger partial charge in [0.25, 0.3) is 0 Å². The van der Waals surface area contributed by atoms with Gasteiger partial charge >= 0.3 is 0 Å². The van der Waals surface area contributed by atoms with Crippen molar-refractivity contribution in [1.82, 2.24) is 10.6 Å². The van der Waals surface area contributed by atoms with E-state index in [9.17, 15) is 8.42 Å². The van der Waals surface area contributed by atoms with Crippen LogP contribution in [0.5, 0.6) is 0 Å². The quantitative estimate of drug-likeness (QED) is 0.407. The van der Waals surface area contributed by atoms with Crippen LogP contribution in [0.1, 0.15) is 50.7 Å². The topological polar surface area (TPSA) is 70.6 Å². The number of nitrogens with one attached hydrogen (secondary N) is 2. The molecule has 0 heterocycles. The highest BCUT2D eigenvalue weighted by Gasteiger charge is 2.06. The summed E-state index contributed by atoms with van der Waals surface area (Å²) in [6.45, 7) is 5.03. The minimum atomic E-state index is -2.99.